The molecule has 0 aliphatic carbocycles. The highest BCUT2D eigenvalue weighted by atomic mass is 32.2. The lowest BCUT2D eigenvalue weighted by Crippen LogP contribution is -2.44. The Morgan fingerprint density at radius 3 is 2.28 bits per heavy atom. The third-order valence-electron chi connectivity index (χ3n) is 2.90. The van der Waals surface area contributed by atoms with E-state index in [1.807, 2.05) is 6.07 Å². The summed E-state index contributed by atoms with van der Waals surface area (Å²) in [6.07, 6.45) is 3.17. The first kappa shape index (κ1) is 13.0. The van der Waals surface area contributed by atoms with Gasteiger partial charge in [0.15, 0.2) is 0 Å². The van der Waals surface area contributed by atoms with Crippen molar-refractivity contribution < 1.29 is 8.42 Å². The Morgan fingerprint density at radius 1 is 1.11 bits per heavy atom. The van der Waals surface area contributed by atoms with Crippen LogP contribution in [0.5, 0.6) is 0 Å². The molecule has 1 aliphatic rings. The van der Waals surface area contributed by atoms with Gasteiger partial charge in [-0.2, -0.15) is 5.26 Å². The first-order valence-corrected chi connectivity index (χ1v) is 7.38. The lowest BCUT2D eigenvalue weighted by molar-refractivity contribution is 0.200. The highest BCUT2D eigenvalue weighted by Gasteiger charge is 2.19. The summed E-state index contributed by atoms with van der Waals surface area (Å²) < 4.78 is 24.1. The maximum Gasteiger partial charge on any atom is 0.253 e. The van der Waals surface area contributed by atoms with Crippen LogP contribution in [-0.2, 0) is 10.0 Å². The molecule has 1 aliphatic heterocycles. The summed E-state index contributed by atoms with van der Waals surface area (Å²) in [5.41, 5.74) is 0.451. The molecule has 0 spiro atoms. The van der Waals surface area contributed by atoms with Crippen LogP contribution in [-0.4, -0.2) is 26.5 Å². The van der Waals surface area contributed by atoms with Gasteiger partial charge in [-0.15, -0.1) is 4.83 Å². The SMILES string of the molecule is N#Cc1ccc(S(=O)(=O)NN2CCCCC2)cc1. The first-order chi connectivity index (χ1) is 8.62. The van der Waals surface area contributed by atoms with E-state index in [1.54, 1.807) is 5.01 Å². The van der Waals surface area contributed by atoms with E-state index in [-0.39, 0.29) is 4.90 Å². The number of hydrogen-bond donors (Lipinski definition) is 1. The molecular weight excluding hydrogens is 250 g/mol. The summed E-state index contributed by atoms with van der Waals surface area (Å²) in [7, 11) is -3.52. The number of piperidine rings is 1. The van der Waals surface area contributed by atoms with Crippen LogP contribution in [0.3, 0.4) is 0 Å². The molecule has 2 rings (SSSR count). The molecule has 96 valence electrons. The van der Waals surface area contributed by atoms with E-state index < -0.39 is 10.0 Å². The number of sulfonamides is 1. The fraction of sp³-hybridized carbons (Fsp3) is 0.417. The van der Waals surface area contributed by atoms with Crippen LogP contribution in [0.2, 0.25) is 0 Å². The van der Waals surface area contributed by atoms with E-state index >= 15 is 0 Å². The van der Waals surface area contributed by atoms with Crippen molar-refractivity contribution in [3.05, 3.63) is 29.8 Å². The Labute approximate surface area is 107 Å². The molecule has 1 saturated heterocycles. The molecule has 1 aromatic carbocycles. The quantitative estimate of drug-likeness (QED) is 0.892. The zero-order valence-electron chi connectivity index (χ0n) is 9.96. The van der Waals surface area contributed by atoms with Gasteiger partial charge in [0.25, 0.3) is 10.0 Å². The zero-order valence-corrected chi connectivity index (χ0v) is 10.8. The average Bonchev–Trinajstić information content (AvgIpc) is 2.39. The molecule has 18 heavy (non-hydrogen) atoms. The van der Waals surface area contributed by atoms with E-state index in [0.29, 0.717) is 5.56 Å². The molecule has 0 bridgehead atoms. The Kier molecular flexibility index (Phi) is 3.97. The van der Waals surface area contributed by atoms with Crippen LogP contribution in [0.4, 0.5) is 0 Å². The molecule has 0 amide bonds. The highest BCUT2D eigenvalue weighted by molar-refractivity contribution is 7.89. The van der Waals surface area contributed by atoms with E-state index in [1.165, 1.54) is 24.3 Å². The van der Waals surface area contributed by atoms with Gasteiger partial charge in [-0.25, -0.2) is 13.4 Å². The molecule has 1 heterocycles. The normalized spacial score (nSPS) is 17.3. The minimum absolute atomic E-state index is 0.187. The predicted octanol–water partition coefficient (Wildman–Crippen LogP) is 1.24. The minimum Gasteiger partial charge on any atom is -0.230 e. The third kappa shape index (κ3) is 3.07. The van der Waals surface area contributed by atoms with Gasteiger partial charge in [0.1, 0.15) is 0 Å². The standard InChI is InChI=1S/C12H15N3O2S/c13-10-11-4-6-12(7-5-11)18(16,17)14-15-8-2-1-3-9-15/h4-7,14H,1-3,8-9H2. The Balaban J connectivity index is 2.12. The monoisotopic (exact) mass is 265 g/mol. The fourth-order valence-electron chi connectivity index (χ4n) is 1.92. The summed E-state index contributed by atoms with van der Waals surface area (Å²) >= 11 is 0. The van der Waals surface area contributed by atoms with Crippen molar-refractivity contribution in [3.8, 4) is 6.07 Å². The van der Waals surface area contributed by atoms with Crippen LogP contribution >= 0.6 is 0 Å². The van der Waals surface area contributed by atoms with Crippen molar-refractivity contribution in [1.29, 1.82) is 5.26 Å². The number of hydrogen-bond acceptors (Lipinski definition) is 4. The zero-order chi connectivity index (χ0) is 13.0. The summed E-state index contributed by atoms with van der Waals surface area (Å²) in [6, 6.07) is 7.87. The largest absolute Gasteiger partial charge is 0.253 e. The topological polar surface area (TPSA) is 73.2 Å². The number of nitriles is 1. The van der Waals surface area contributed by atoms with Gasteiger partial charge in [-0.3, -0.25) is 0 Å². The van der Waals surface area contributed by atoms with Crippen molar-refractivity contribution >= 4 is 10.0 Å². The fourth-order valence-corrected chi connectivity index (χ4v) is 3.04. The molecule has 0 radical (unpaired) electrons. The van der Waals surface area contributed by atoms with Crippen molar-refractivity contribution in [1.82, 2.24) is 9.84 Å². The summed E-state index contributed by atoms with van der Waals surface area (Å²) in [5.74, 6) is 0. The molecule has 5 nitrogen and oxygen atoms in total. The molecule has 0 atom stereocenters. The molecule has 0 saturated carbocycles. The second kappa shape index (κ2) is 5.48. The van der Waals surface area contributed by atoms with E-state index in [4.69, 9.17) is 5.26 Å². The maximum absolute atomic E-state index is 12.1. The van der Waals surface area contributed by atoms with E-state index in [2.05, 4.69) is 4.83 Å². The molecule has 0 unspecified atom stereocenters. The molecule has 6 heteroatoms. The number of benzene rings is 1. The lowest BCUT2D eigenvalue weighted by Gasteiger charge is -2.26. The van der Waals surface area contributed by atoms with Crippen LogP contribution in [0.15, 0.2) is 29.2 Å². The Hall–Kier alpha value is -1.42. The first-order valence-electron chi connectivity index (χ1n) is 5.89. The van der Waals surface area contributed by atoms with Crippen LogP contribution in [0.25, 0.3) is 0 Å². The highest BCUT2D eigenvalue weighted by Crippen LogP contribution is 2.12. The average molecular weight is 265 g/mol. The molecule has 1 N–H and O–H groups in total. The minimum atomic E-state index is -3.52. The van der Waals surface area contributed by atoms with Gasteiger partial charge in [-0.05, 0) is 37.1 Å². The number of nitrogens with zero attached hydrogens (tertiary/aromatic N) is 2. The van der Waals surface area contributed by atoms with Gasteiger partial charge in [0.05, 0.1) is 16.5 Å². The number of nitrogens with one attached hydrogen (secondary N) is 1. The van der Waals surface area contributed by atoms with Crippen LogP contribution in [0, 0.1) is 11.3 Å². The van der Waals surface area contributed by atoms with Gasteiger partial charge >= 0.3 is 0 Å². The van der Waals surface area contributed by atoms with Crippen molar-refractivity contribution in [2.75, 3.05) is 13.1 Å². The Morgan fingerprint density at radius 2 is 1.72 bits per heavy atom. The van der Waals surface area contributed by atoms with Crippen LogP contribution in [0.1, 0.15) is 24.8 Å². The van der Waals surface area contributed by atoms with Crippen molar-refractivity contribution in [3.63, 3.8) is 0 Å². The van der Waals surface area contributed by atoms with Crippen molar-refractivity contribution in [2.45, 2.75) is 24.2 Å². The van der Waals surface area contributed by atoms with Crippen molar-refractivity contribution in [2.24, 2.45) is 0 Å². The maximum atomic E-state index is 12.1. The third-order valence-corrected chi connectivity index (χ3v) is 4.29. The lowest BCUT2D eigenvalue weighted by atomic mass is 10.2. The van der Waals surface area contributed by atoms with Crippen LogP contribution < -0.4 is 4.83 Å². The number of rotatable bonds is 3. The summed E-state index contributed by atoms with van der Waals surface area (Å²) in [5, 5.41) is 10.4. The summed E-state index contributed by atoms with van der Waals surface area (Å²) in [4.78, 5) is 2.76. The van der Waals surface area contributed by atoms with Gasteiger partial charge in [-0.1, -0.05) is 6.42 Å². The number of hydrazine groups is 1. The molecular formula is C12H15N3O2S. The second-order valence-electron chi connectivity index (χ2n) is 4.28. The van der Waals surface area contributed by atoms with Gasteiger partial charge in [0, 0.05) is 13.1 Å². The van der Waals surface area contributed by atoms with E-state index in [9.17, 15) is 8.42 Å². The predicted molar refractivity (Wildman–Crippen MR) is 66.9 cm³/mol. The Bertz CT molecular complexity index is 540. The van der Waals surface area contributed by atoms with Gasteiger partial charge < -0.3 is 0 Å². The molecule has 1 fully saturated rings. The van der Waals surface area contributed by atoms with E-state index in [0.717, 1.165) is 32.4 Å². The smallest absolute Gasteiger partial charge is 0.230 e. The molecule has 1 aromatic rings. The molecule has 0 aromatic heterocycles. The van der Waals surface area contributed by atoms with Gasteiger partial charge in [0.2, 0.25) is 0 Å². The summed E-state index contributed by atoms with van der Waals surface area (Å²) in [6.45, 7) is 1.49. The second-order valence-corrected chi connectivity index (χ2v) is 5.94.